The molecule has 0 N–H and O–H groups in total. The summed E-state index contributed by atoms with van der Waals surface area (Å²) in [6, 6.07) is 12.5. The molecule has 0 amide bonds. The van der Waals surface area contributed by atoms with E-state index < -0.39 is 0 Å². The lowest BCUT2D eigenvalue weighted by Gasteiger charge is -2.21. The van der Waals surface area contributed by atoms with Gasteiger partial charge in [0, 0.05) is 12.0 Å². The highest BCUT2D eigenvalue weighted by molar-refractivity contribution is 5.95. The predicted molar refractivity (Wildman–Crippen MR) is 118 cm³/mol. The van der Waals surface area contributed by atoms with Gasteiger partial charge in [-0.3, -0.25) is 4.79 Å². The molecule has 2 heteroatoms. The Morgan fingerprint density at radius 2 is 1.68 bits per heavy atom. The average molecular weight is 379 g/mol. The Morgan fingerprint density at radius 1 is 0.964 bits per heavy atom. The first-order valence-corrected chi connectivity index (χ1v) is 11.1. The van der Waals surface area contributed by atoms with Gasteiger partial charge in [0.25, 0.3) is 0 Å². The quantitative estimate of drug-likeness (QED) is 0.297. The van der Waals surface area contributed by atoms with E-state index in [1.165, 1.54) is 54.9 Å². The molecule has 1 aliphatic carbocycles. The largest absolute Gasteiger partial charge is 0.453 e. The fourth-order valence-corrected chi connectivity index (χ4v) is 4.30. The first kappa shape index (κ1) is 20.6. The molecule has 28 heavy (non-hydrogen) atoms. The van der Waals surface area contributed by atoms with E-state index >= 15 is 0 Å². The van der Waals surface area contributed by atoms with Crippen LogP contribution in [0.1, 0.15) is 88.9 Å². The summed E-state index contributed by atoms with van der Waals surface area (Å²) in [6.45, 7) is 4.58. The van der Waals surface area contributed by atoms with Crippen LogP contribution in [0.25, 0.3) is 16.8 Å². The summed E-state index contributed by atoms with van der Waals surface area (Å²) in [5.41, 5.74) is 2.30. The van der Waals surface area contributed by atoms with Gasteiger partial charge in [0.1, 0.15) is 6.10 Å². The van der Waals surface area contributed by atoms with E-state index in [2.05, 4.69) is 50.3 Å². The Morgan fingerprint density at radius 3 is 2.46 bits per heavy atom. The molecule has 0 spiro atoms. The Balaban J connectivity index is 1.40. The van der Waals surface area contributed by atoms with Gasteiger partial charge >= 0.3 is 5.97 Å². The molecule has 0 radical (unpaired) electrons. The lowest BCUT2D eigenvalue weighted by molar-refractivity contribution is -0.147. The first-order valence-electron chi connectivity index (χ1n) is 11.1. The SMILES string of the molecule is CCC(CC)CCCCCCCC(=O)OC1C=Cc2cccc3cccc1c23. The second kappa shape index (κ2) is 10.5. The van der Waals surface area contributed by atoms with Gasteiger partial charge in [-0.1, -0.05) is 101 Å². The topological polar surface area (TPSA) is 26.3 Å². The molecule has 1 atom stereocenters. The molecule has 0 aliphatic heterocycles. The lowest BCUT2D eigenvalue weighted by atomic mass is 9.91. The third kappa shape index (κ3) is 5.25. The minimum Gasteiger partial charge on any atom is -0.453 e. The number of hydrogen-bond acceptors (Lipinski definition) is 2. The predicted octanol–water partition coefficient (Wildman–Crippen LogP) is 7.62. The van der Waals surface area contributed by atoms with Crippen molar-refractivity contribution in [1.82, 2.24) is 0 Å². The van der Waals surface area contributed by atoms with Crippen LogP contribution in [0, 0.1) is 5.92 Å². The average Bonchev–Trinajstić information content (AvgIpc) is 2.72. The van der Waals surface area contributed by atoms with Crippen molar-refractivity contribution >= 4 is 22.8 Å². The number of esters is 1. The normalized spacial score (nSPS) is 15.3. The number of unbranched alkanes of at least 4 members (excludes halogenated alkanes) is 4. The molecule has 1 aliphatic rings. The molecule has 3 rings (SSSR count). The van der Waals surface area contributed by atoms with E-state index in [1.54, 1.807) is 0 Å². The van der Waals surface area contributed by atoms with Gasteiger partial charge in [-0.15, -0.1) is 0 Å². The van der Waals surface area contributed by atoms with Crippen LogP contribution in [0.4, 0.5) is 0 Å². The van der Waals surface area contributed by atoms with E-state index in [0.717, 1.165) is 24.3 Å². The highest BCUT2D eigenvalue weighted by Crippen LogP contribution is 2.35. The molecule has 0 aromatic heterocycles. The monoisotopic (exact) mass is 378 g/mol. The van der Waals surface area contributed by atoms with E-state index in [9.17, 15) is 4.79 Å². The number of benzene rings is 2. The van der Waals surface area contributed by atoms with Gasteiger partial charge in [0.05, 0.1) is 0 Å². The van der Waals surface area contributed by atoms with Crippen LogP contribution in [0.3, 0.4) is 0 Å². The van der Waals surface area contributed by atoms with Crippen molar-refractivity contribution in [2.45, 2.75) is 77.7 Å². The van der Waals surface area contributed by atoms with Crippen LogP contribution in [0.5, 0.6) is 0 Å². The second-order valence-corrected chi connectivity index (χ2v) is 8.05. The van der Waals surface area contributed by atoms with E-state index in [-0.39, 0.29) is 12.1 Å². The van der Waals surface area contributed by atoms with Crippen LogP contribution in [0.15, 0.2) is 42.5 Å². The van der Waals surface area contributed by atoms with Crippen molar-refractivity contribution in [3.05, 3.63) is 53.6 Å². The lowest BCUT2D eigenvalue weighted by Crippen LogP contribution is -2.11. The Bertz CT molecular complexity index is 796. The maximum Gasteiger partial charge on any atom is 0.306 e. The molecule has 0 fully saturated rings. The standard InChI is InChI=1S/C26H34O2/c1-3-20(4-2)12-8-6-5-7-9-17-25(27)28-24-19-18-22-14-10-13-21-15-11-16-23(24)26(21)22/h10-11,13-16,18-20,24H,3-9,12,17H2,1-2H3. The summed E-state index contributed by atoms with van der Waals surface area (Å²) in [6.07, 6.45) is 14.2. The summed E-state index contributed by atoms with van der Waals surface area (Å²) in [4.78, 5) is 12.3. The van der Waals surface area contributed by atoms with Crippen LogP contribution in [0.2, 0.25) is 0 Å². The molecule has 2 aromatic carbocycles. The van der Waals surface area contributed by atoms with Crippen molar-refractivity contribution in [1.29, 1.82) is 0 Å². The summed E-state index contributed by atoms with van der Waals surface area (Å²) in [5.74, 6) is 0.816. The third-order valence-corrected chi connectivity index (χ3v) is 6.13. The maximum atomic E-state index is 12.3. The zero-order chi connectivity index (χ0) is 19.8. The third-order valence-electron chi connectivity index (χ3n) is 6.13. The fraction of sp³-hybridized carbons (Fsp3) is 0.500. The molecule has 0 saturated heterocycles. The summed E-state index contributed by atoms with van der Waals surface area (Å²) < 4.78 is 5.80. The molecule has 0 saturated carbocycles. The molecular weight excluding hydrogens is 344 g/mol. The fourth-order valence-electron chi connectivity index (χ4n) is 4.30. The minimum atomic E-state index is -0.258. The van der Waals surface area contributed by atoms with Crippen molar-refractivity contribution in [3.63, 3.8) is 0 Å². The first-order chi connectivity index (χ1) is 13.7. The molecular formula is C26H34O2. The van der Waals surface area contributed by atoms with Gasteiger partial charge in [-0.05, 0) is 34.8 Å². The van der Waals surface area contributed by atoms with Gasteiger partial charge in [-0.25, -0.2) is 0 Å². The van der Waals surface area contributed by atoms with Gasteiger partial charge in [0.2, 0.25) is 0 Å². The molecule has 2 nitrogen and oxygen atoms in total. The zero-order valence-corrected chi connectivity index (χ0v) is 17.5. The number of hydrogen-bond donors (Lipinski definition) is 0. The summed E-state index contributed by atoms with van der Waals surface area (Å²) >= 11 is 0. The zero-order valence-electron chi connectivity index (χ0n) is 17.5. The maximum absolute atomic E-state index is 12.3. The van der Waals surface area contributed by atoms with Gasteiger partial charge in [0.15, 0.2) is 0 Å². The van der Waals surface area contributed by atoms with Crippen LogP contribution in [-0.2, 0) is 9.53 Å². The number of carbonyl (C=O) groups is 1. The van der Waals surface area contributed by atoms with E-state index in [1.807, 2.05) is 12.1 Å². The van der Waals surface area contributed by atoms with Gasteiger partial charge in [-0.2, -0.15) is 0 Å². The second-order valence-electron chi connectivity index (χ2n) is 8.05. The van der Waals surface area contributed by atoms with Crippen LogP contribution < -0.4 is 0 Å². The molecule has 0 bridgehead atoms. The number of carbonyl (C=O) groups excluding carboxylic acids is 1. The molecule has 150 valence electrons. The van der Waals surface area contributed by atoms with E-state index in [0.29, 0.717) is 6.42 Å². The van der Waals surface area contributed by atoms with Crippen molar-refractivity contribution in [2.24, 2.45) is 5.92 Å². The van der Waals surface area contributed by atoms with Crippen LogP contribution >= 0.6 is 0 Å². The summed E-state index contributed by atoms with van der Waals surface area (Å²) in [5, 5.41) is 2.41. The molecule has 0 heterocycles. The minimum absolute atomic E-state index is 0.0805. The highest BCUT2D eigenvalue weighted by atomic mass is 16.5. The highest BCUT2D eigenvalue weighted by Gasteiger charge is 2.20. The van der Waals surface area contributed by atoms with Crippen molar-refractivity contribution < 1.29 is 9.53 Å². The Hall–Kier alpha value is -2.09. The Kier molecular flexibility index (Phi) is 7.71. The summed E-state index contributed by atoms with van der Waals surface area (Å²) in [7, 11) is 0. The molecule has 2 aromatic rings. The van der Waals surface area contributed by atoms with Crippen molar-refractivity contribution in [3.8, 4) is 0 Å². The van der Waals surface area contributed by atoms with E-state index in [4.69, 9.17) is 4.74 Å². The van der Waals surface area contributed by atoms with Gasteiger partial charge < -0.3 is 4.74 Å². The van der Waals surface area contributed by atoms with Crippen LogP contribution in [-0.4, -0.2) is 5.97 Å². The smallest absolute Gasteiger partial charge is 0.306 e. The van der Waals surface area contributed by atoms with Crippen molar-refractivity contribution in [2.75, 3.05) is 0 Å². The number of ether oxygens (including phenoxy) is 1. The number of rotatable bonds is 11. The molecule has 1 unspecified atom stereocenters. The Labute approximate surface area is 170 Å².